The summed E-state index contributed by atoms with van der Waals surface area (Å²) in [4.78, 5) is 11.0. The van der Waals surface area contributed by atoms with E-state index in [1.165, 1.54) is 0 Å². The van der Waals surface area contributed by atoms with Crippen LogP contribution in [0.15, 0.2) is 24.3 Å². The second-order valence-electron chi connectivity index (χ2n) is 4.54. The summed E-state index contributed by atoms with van der Waals surface area (Å²) in [6.45, 7) is 0. The van der Waals surface area contributed by atoms with E-state index in [-0.39, 0.29) is 5.56 Å². The number of hydrogen-bond acceptors (Lipinski definition) is 1. The van der Waals surface area contributed by atoms with Gasteiger partial charge in [0.2, 0.25) is 0 Å². The van der Waals surface area contributed by atoms with E-state index in [4.69, 9.17) is 5.11 Å². The summed E-state index contributed by atoms with van der Waals surface area (Å²) in [5.41, 5.74) is -2.06. The quantitative estimate of drug-likeness (QED) is 0.861. The first-order valence-electron chi connectivity index (χ1n) is 5.40. The number of rotatable bonds is 3. The van der Waals surface area contributed by atoms with Crippen LogP contribution in [0.1, 0.15) is 24.0 Å². The number of alkyl halides is 5. The predicted octanol–water partition coefficient (Wildman–Crippen LogP) is 3.46. The second-order valence-corrected chi connectivity index (χ2v) is 4.54. The maximum Gasteiger partial charge on any atom is 0.458 e. The zero-order valence-corrected chi connectivity index (χ0v) is 9.47. The fraction of sp³-hybridized carbons (Fsp3) is 0.417. The first-order valence-corrected chi connectivity index (χ1v) is 5.40. The van der Waals surface area contributed by atoms with Gasteiger partial charge in [0.1, 0.15) is 0 Å². The number of benzene rings is 1. The number of aliphatic carboxylic acids is 1. The van der Waals surface area contributed by atoms with Crippen LogP contribution in [0, 0.1) is 0 Å². The highest BCUT2D eigenvalue weighted by Crippen LogP contribution is 2.49. The molecule has 0 unspecified atom stereocenters. The monoisotopic (exact) mass is 280 g/mol. The van der Waals surface area contributed by atoms with Crippen molar-refractivity contribution >= 4 is 5.97 Å². The first-order chi connectivity index (χ1) is 8.61. The second kappa shape index (κ2) is 3.91. The number of carboxylic acids is 1. The summed E-state index contributed by atoms with van der Waals surface area (Å²) in [6.07, 6.45) is -4.95. The molecule has 0 radical (unpaired) electrons. The maximum absolute atomic E-state index is 13.0. The Morgan fingerprint density at radius 3 is 1.84 bits per heavy atom. The lowest BCUT2D eigenvalue weighted by Crippen LogP contribution is -2.33. The van der Waals surface area contributed by atoms with Gasteiger partial charge < -0.3 is 5.11 Å². The summed E-state index contributed by atoms with van der Waals surface area (Å²) in [7, 11) is 0. The average Bonchev–Trinajstić information content (AvgIpc) is 3.08. The van der Waals surface area contributed by atoms with Gasteiger partial charge in [-0.3, -0.25) is 4.79 Å². The van der Waals surface area contributed by atoms with Crippen LogP contribution in [0.5, 0.6) is 0 Å². The van der Waals surface area contributed by atoms with Gasteiger partial charge >= 0.3 is 18.1 Å². The molecule has 7 heteroatoms. The van der Waals surface area contributed by atoms with Crippen molar-refractivity contribution in [2.75, 3.05) is 0 Å². The van der Waals surface area contributed by atoms with Gasteiger partial charge in [0.15, 0.2) is 0 Å². The van der Waals surface area contributed by atoms with Gasteiger partial charge in [-0.05, 0) is 18.4 Å². The van der Waals surface area contributed by atoms with Crippen LogP contribution in [0.2, 0.25) is 0 Å². The SMILES string of the molecule is O=C(O)C1(c2ccc(C(F)(F)C(F)(F)F)cc2)CC1. The van der Waals surface area contributed by atoms with Crippen LogP contribution in [0.25, 0.3) is 0 Å². The minimum atomic E-state index is -5.67. The van der Waals surface area contributed by atoms with E-state index < -0.39 is 29.0 Å². The van der Waals surface area contributed by atoms with E-state index in [0.717, 1.165) is 12.1 Å². The van der Waals surface area contributed by atoms with Crippen molar-refractivity contribution in [3.63, 3.8) is 0 Å². The highest BCUT2D eigenvalue weighted by Gasteiger charge is 2.59. The zero-order chi connectivity index (χ0) is 14.5. The van der Waals surface area contributed by atoms with E-state index in [2.05, 4.69) is 0 Å². The summed E-state index contributed by atoms with van der Waals surface area (Å²) in [5.74, 6) is -6.03. The standard InChI is InChI=1S/C12H9F5O2/c13-11(14,12(15,16)17)8-3-1-7(2-4-8)10(5-6-10)9(18)19/h1-4H,5-6H2,(H,18,19). The molecule has 1 aromatic rings. The molecule has 0 aliphatic heterocycles. The van der Waals surface area contributed by atoms with E-state index in [1.807, 2.05) is 0 Å². The molecule has 0 saturated heterocycles. The number of halogens is 5. The summed E-state index contributed by atoms with van der Waals surface area (Å²) < 4.78 is 62.5. The molecule has 104 valence electrons. The Bertz CT molecular complexity index is 500. The predicted molar refractivity (Wildman–Crippen MR) is 54.9 cm³/mol. The van der Waals surface area contributed by atoms with Crippen molar-refractivity contribution in [3.8, 4) is 0 Å². The molecule has 0 spiro atoms. The van der Waals surface area contributed by atoms with Crippen LogP contribution < -0.4 is 0 Å². The molecule has 1 N–H and O–H groups in total. The summed E-state index contributed by atoms with van der Waals surface area (Å²) in [5, 5.41) is 8.99. The van der Waals surface area contributed by atoms with E-state index in [1.54, 1.807) is 0 Å². The Balaban J connectivity index is 2.32. The fourth-order valence-electron chi connectivity index (χ4n) is 1.91. The molecule has 1 aliphatic rings. The highest BCUT2D eigenvalue weighted by atomic mass is 19.4. The van der Waals surface area contributed by atoms with E-state index in [0.29, 0.717) is 25.0 Å². The van der Waals surface area contributed by atoms with Gasteiger partial charge in [0, 0.05) is 5.56 Å². The molecule has 0 heterocycles. The Morgan fingerprint density at radius 1 is 1.05 bits per heavy atom. The van der Waals surface area contributed by atoms with Gasteiger partial charge in [0.05, 0.1) is 5.41 Å². The molecule has 1 aliphatic carbocycles. The fourth-order valence-corrected chi connectivity index (χ4v) is 1.91. The Hall–Kier alpha value is -1.66. The van der Waals surface area contributed by atoms with E-state index in [9.17, 15) is 26.7 Å². The molecule has 2 nitrogen and oxygen atoms in total. The lowest BCUT2D eigenvalue weighted by atomic mass is 9.94. The lowest BCUT2D eigenvalue weighted by molar-refractivity contribution is -0.289. The Kier molecular flexibility index (Phi) is 2.84. The number of carboxylic acid groups (broad SMARTS) is 1. The van der Waals surface area contributed by atoms with Crippen LogP contribution >= 0.6 is 0 Å². The molecular formula is C12H9F5O2. The molecule has 0 amide bonds. The first kappa shape index (κ1) is 13.8. The smallest absolute Gasteiger partial charge is 0.458 e. The van der Waals surface area contributed by atoms with Crippen molar-refractivity contribution in [2.45, 2.75) is 30.4 Å². The van der Waals surface area contributed by atoms with Crippen molar-refractivity contribution < 1.29 is 31.9 Å². The van der Waals surface area contributed by atoms with Gasteiger partial charge in [-0.2, -0.15) is 22.0 Å². The van der Waals surface area contributed by atoms with Gasteiger partial charge in [-0.25, -0.2) is 0 Å². The maximum atomic E-state index is 13.0. The molecule has 0 atom stereocenters. The van der Waals surface area contributed by atoms with Gasteiger partial charge in [-0.15, -0.1) is 0 Å². The molecule has 0 aromatic heterocycles. The molecule has 19 heavy (non-hydrogen) atoms. The summed E-state index contributed by atoms with van der Waals surface area (Å²) >= 11 is 0. The topological polar surface area (TPSA) is 37.3 Å². The molecule has 0 bridgehead atoms. The highest BCUT2D eigenvalue weighted by molar-refractivity contribution is 5.84. The zero-order valence-electron chi connectivity index (χ0n) is 9.47. The number of hydrogen-bond donors (Lipinski definition) is 1. The van der Waals surface area contributed by atoms with Crippen LogP contribution in [-0.2, 0) is 16.1 Å². The summed E-state index contributed by atoms with van der Waals surface area (Å²) in [6, 6.07) is 3.31. The van der Waals surface area contributed by atoms with Crippen molar-refractivity contribution in [1.82, 2.24) is 0 Å². The van der Waals surface area contributed by atoms with Crippen molar-refractivity contribution in [1.29, 1.82) is 0 Å². The molecule has 1 aromatic carbocycles. The number of carbonyl (C=O) groups is 1. The normalized spacial score (nSPS) is 18.2. The van der Waals surface area contributed by atoms with E-state index >= 15 is 0 Å². The van der Waals surface area contributed by atoms with Crippen molar-refractivity contribution in [3.05, 3.63) is 35.4 Å². The third-order valence-electron chi connectivity index (χ3n) is 3.32. The van der Waals surface area contributed by atoms with Gasteiger partial charge in [-0.1, -0.05) is 24.3 Å². The minimum Gasteiger partial charge on any atom is -0.481 e. The lowest BCUT2D eigenvalue weighted by Gasteiger charge is -2.20. The van der Waals surface area contributed by atoms with Crippen LogP contribution in [0.3, 0.4) is 0 Å². The molecule has 1 saturated carbocycles. The van der Waals surface area contributed by atoms with Crippen LogP contribution in [-0.4, -0.2) is 17.3 Å². The molecule has 1 fully saturated rings. The Morgan fingerprint density at radius 2 is 1.53 bits per heavy atom. The Labute approximate surface area is 104 Å². The molecule has 2 rings (SSSR count). The largest absolute Gasteiger partial charge is 0.481 e. The minimum absolute atomic E-state index is 0.252. The van der Waals surface area contributed by atoms with Crippen LogP contribution in [0.4, 0.5) is 22.0 Å². The average molecular weight is 280 g/mol. The van der Waals surface area contributed by atoms with Gasteiger partial charge in [0.25, 0.3) is 0 Å². The third kappa shape index (κ3) is 2.06. The van der Waals surface area contributed by atoms with Crippen molar-refractivity contribution in [2.24, 2.45) is 0 Å². The third-order valence-corrected chi connectivity index (χ3v) is 3.32. The molecular weight excluding hydrogens is 271 g/mol.